The number of ether oxygens (including phenoxy) is 1. The smallest absolute Gasteiger partial charge is 0.263 e. The predicted molar refractivity (Wildman–Crippen MR) is 89.6 cm³/mol. The molecule has 0 atom stereocenters. The van der Waals surface area contributed by atoms with Crippen molar-refractivity contribution in [2.75, 3.05) is 13.1 Å². The van der Waals surface area contributed by atoms with Crippen LogP contribution in [0.3, 0.4) is 0 Å². The predicted octanol–water partition coefficient (Wildman–Crippen LogP) is 4.13. The van der Waals surface area contributed by atoms with Crippen molar-refractivity contribution >= 4 is 17.2 Å². The van der Waals surface area contributed by atoms with Gasteiger partial charge in [-0.15, -0.1) is 11.3 Å². The molecule has 1 aliphatic rings. The van der Waals surface area contributed by atoms with E-state index in [4.69, 9.17) is 4.74 Å². The number of amides is 1. The first-order chi connectivity index (χ1) is 10.8. The Morgan fingerprint density at radius 1 is 1.18 bits per heavy atom. The van der Waals surface area contributed by atoms with Crippen molar-refractivity contribution in [2.24, 2.45) is 0 Å². The monoisotopic (exact) mass is 315 g/mol. The first kappa shape index (κ1) is 15.1. The van der Waals surface area contributed by atoms with Crippen molar-refractivity contribution in [2.45, 2.75) is 32.8 Å². The molecule has 1 aromatic heterocycles. The molecule has 1 aliphatic heterocycles. The molecule has 1 aromatic carbocycles. The first-order valence-corrected chi connectivity index (χ1v) is 8.72. The lowest BCUT2D eigenvalue weighted by Gasteiger charge is -2.13. The molecular weight excluding hydrogens is 294 g/mol. The molecule has 3 rings (SSSR count). The molecule has 1 saturated heterocycles. The van der Waals surface area contributed by atoms with Crippen molar-refractivity contribution in [1.29, 1.82) is 0 Å². The minimum absolute atomic E-state index is 0.168. The number of hydrogen-bond donors (Lipinski definition) is 0. The quantitative estimate of drug-likeness (QED) is 0.830. The molecule has 0 N–H and O–H groups in total. The lowest BCUT2D eigenvalue weighted by Crippen LogP contribution is -2.26. The molecule has 0 aliphatic carbocycles. The van der Waals surface area contributed by atoms with Crippen molar-refractivity contribution in [3.63, 3.8) is 0 Å². The first-order valence-electron chi connectivity index (χ1n) is 7.84. The van der Waals surface area contributed by atoms with E-state index in [-0.39, 0.29) is 5.91 Å². The van der Waals surface area contributed by atoms with Gasteiger partial charge in [-0.1, -0.05) is 19.1 Å². The number of nitrogens with zero attached hydrogens (tertiary/aromatic N) is 1. The zero-order chi connectivity index (χ0) is 15.4. The summed E-state index contributed by atoms with van der Waals surface area (Å²) < 4.78 is 5.79. The van der Waals surface area contributed by atoms with Crippen LogP contribution in [0, 0.1) is 0 Å². The fraction of sp³-hybridized carbons (Fsp3) is 0.389. The maximum atomic E-state index is 12.3. The van der Waals surface area contributed by atoms with Crippen molar-refractivity contribution in [3.8, 4) is 5.75 Å². The van der Waals surface area contributed by atoms with E-state index < -0.39 is 0 Å². The van der Waals surface area contributed by atoms with Gasteiger partial charge in [-0.2, -0.15) is 0 Å². The Kier molecular flexibility index (Phi) is 4.78. The highest BCUT2D eigenvalue weighted by Gasteiger charge is 2.20. The molecule has 0 unspecified atom stereocenters. The van der Waals surface area contributed by atoms with E-state index >= 15 is 0 Å². The van der Waals surface area contributed by atoms with Crippen LogP contribution in [0.5, 0.6) is 5.75 Å². The Bertz CT molecular complexity index is 627. The number of carbonyl (C=O) groups excluding carboxylic acids is 1. The third-order valence-electron chi connectivity index (χ3n) is 3.99. The number of carbonyl (C=O) groups is 1. The van der Waals surface area contributed by atoms with Gasteiger partial charge in [0.15, 0.2) is 0 Å². The summed E-state index contributed by atoms with van der Waals surface area (Å²) in [5.41, 5.74) is 2.37. The van der Waals surface area contributed by atoms with Gasteiger partial charge in [-0.3, -0.25) is 4.79 Å². The van der Waals surface area contributed by atoms with E-state index in [9.17, 15) is 4.79 Å². The van der Waals surface area contributed by atoms with Gasteiger partial charge in [-0.25, -0.2) is 0 Å². The van der Waals surface area contributed by atoms with Crippen molar-refractivity contribution in [1.82, 2.24) is 4.90 Å². The summed E-state index contributed by atoms with van der Waals surface area (Å²) in [6.45, 7) is 4.44. The van der Waals surface area contributed by atoms with Crippen LogP contribution in [-0.4, -0.2) is 23.9 Å². The highest BCUT2D eigenvalue weighted by Crippen LogP contribution is 2.21. The summed E-state index contributed by atoms with van der Waals surface area (Å²) >= 11 is 1.51. The van der Waals surface area contributed by atoms with Crippen LogP contribution in [0.4, 0.5) is 0 Å². The minimum Gasteiger partial charge on any atom is -0.489 e. The lowest BCUT2D eigenvalue weighted by molar-refractivity contribution is 0.0797. The number of rotatable bonds is 5. The van der Waals surface area contributed by atoms with Gasteiger partial charge in [0.05, 0.1) is 4.88 Å². The minimum atomic E-state index is 0.168. The summed E-state index contributed by atoms with van der Waals surface area (Å²) in [5, 5.41) is 2.02. The molecule has 22 heavy (non-hydrogen) atoms. The molecule has 116 valence electrons. The number of aryl methyl sites for hydroxylation is 1. The van der Waals surface area contributed by atoms with E-state index in [1.165, 1.54) is 16.9 Å². The van der Waals surface area contributed by atoms with Gasteiger partial charge in [0.1, 0.15) is 12.4 Å². The number of thiophene rings is 1. The van der Waals surface area contributed by atoms with Gasteiger partial charge in [-0.05, 0) is 48.4 Å². The summed E-state index contributed by atoms with van der Waals surface area (Å²) in [6.07, 6.45) is 3.29. The highest BCUT2D eigenvalue weighted by atomic mass is 32.1. The molecule has 4 heteroatoms. The Morgan fingerprint density at radius 2 is 1.91 bits per heavy atom. The number of benzene rings is 1. The Hall–Kier alpha value is -1.81. The van der Waals surface area contributed by atoms with E-state index in [0.717, 1.165) is 48.5 Å². The Morgan fingerprint density at radius 3 is 2.59 bits per heavy atom. The lowest BCUT2D eigenvalue weighted by atomic mass is 10.2. The summed E-state index contributed by atoms with van der Waals surface area (Å²) in [7, 11) is 0. The third kappa shape index (κ3) is 3.50. The maximum absolute atomic E-state index is 12.3. The van der Waals surface area contributed by atoms with E-state index in [0.29, 0.717) is 6.61 Å². The summed E-state index contributed by atoms with van der Waals surface area (Å²) in [6, 6.07) is 10.1. The zero-order valence-corrected chi connectivity index (χ0v) is 13.7. The summed E-state index contributed by atoms with van der Waals surface area (Å²) in [5.74, 6) is 1.04. The molecule has 2 heterocycles. The van der Waals surface area contributed by atoms with E-state index in [2.05, 4.69) is 19.1 Å². The third-order valence-corrected chi connectivity index (χ3v) is 4.96. The van der Waals surface area contributed by atoms with Crippen LogP contribution in [-0.2, 0) is 13.0 Å². The normalized spacial score (nSPS) is 14.3. The Labute approximate surface area is 135 Å². The zero-order valence-electron chi connectivity index (χ0n) is 12.9. The number of likely N-dealkylation sites (tertiary alicyclic amines) is 1. The van der Waals surface area contributed by atoms with Crippen molar-refractivity contribution in [3.05, 3.63) is 51.7 Å². The van der Waals surface area contributed by atoms with Gasteiger partial charge < -0.3 is 9.64 Å². The van der Waals surface area contributed by atoms with Crippen LogP contribution in [0.1, 0.15) is 40.6 Å². The largest absolute Gasteiger partial charge is 0.489 e. The van der Waals surface area contributed by atoms with Gasteiger partial charge in [0.2, 0.25) is 0 Å². The molecule has 3 nitrogen and oxygen atoms in total. The second kappa shape index (κ2) is 6.97. The average molecular weight is 315 g/mol. The van der Waals surface area contributed by atoms with Crippen LogP contribution < -0.4 is 4.74 Å². The Balaban J connectivity index is 1.57. The molecule has 2 aromatic rings. The maximum Gasteiger partial charge on any atom is 0.263 e. The molecule has 0 bridgehead atoms. The molecular formula is C18H21NO2S. The molecule has 0 radical (unpaired) electrons. The fourth-order valence-corrected chi connectivity index (χ4v) is 3.49. The van der Waals surface area contributed by atoms with Gasteiger partial charge >= 0.3 is 0 Å². The number of hydrogen-bond acceptors (Lipinski definition) is 3. The molecule has 1 fully saturated rings. The second-order valence-electron chi connectivity index (χ2n) is 5.60. The van der Waals surface area contributed by atoms with E-state index in [1.54, 1.807) is 0 Å². The van der Waals surface area contributed by atoms with Crippen LogP contribution >= 0.6 is 11.3 Å². The molecule has 0 saturated carbocycles. The van der Waals surface area contributed by atoms with Gasteiger partial charge in [0, 0.05) is 18.7 Å². The summed E-state index contributed by atoms with van der Waals surface area (Å²) in [4.78, 5) is 15.1. The second-order valence-corrected chi connectivity index (χ2v) is 6.52. The standard InChI is InChI=1S/C18H21NO2S/c1-2-14-5-7-16(8-6-14)21-12-15-11-17(22-13-15)18(20)19-9-3-4-10-19/h5-8,11,13H,2-4,9-10,12H2,1H3. The van der Waals surface area contributed by atoms with Crippen LogP contribution in [0.15, 0.2) is 35.7 Å². The van der Waals surface area contributed by atoms with E-state index in [1.807, 2.05) is 28.5 Å². The van der Waals surface area contributed by atoms with Gasteiger partial charge in [0.25, 0.3) is 5.91 Å². The van der Waals surface area contributed by atoms with Crippen LogP contribution in [0.25, 0.3) is 0 Å². The fourth-order valence-electron chi connectivity index (χ4n) is 2.63. The average Bonchev–Trinajstić information content (AvgIpc) is 3.24. The molecule has 1 amide bonds. The SMILES string of the molecule is CCc1ccc(OCc2csc(C(=O)N3CCCC3)c2)cc1. The van der Waals surface area contributed by atoms with Crippen LogP contribution in [0.2, 0.25) is 0 Å². The topological polar surface area (TPSA) is 29.5 Å². The van der Waals surface area contributed by atoms with Crippen molar-refractivity contribution < 1.29 is 9.53 Å². The highest BCUT2D eigenvalue weighted by molar-refractivity contribution is 7.12. The molecule has 0 spiro atoms.